The second-order valence-electron chi connectivity index (χ2n) is 14.5. The summed E-state index contributed by atoms with van der Waals surface area (Å²) in [5.74, 6) is 0. The number of hydrogen-bond donors (Lipinski definition) is 0. The molecule has 57 heavy (non-hydrogen) atoms. The standard InChI is InChI=1S/C54H39NOSi/c1-5-15-40(16-6-1)41-25-30-44(31-26-41)55(45-32-27-42(28-33-45)43-29-38-52-51-23-13-14-24-53(51)56-54(52)39-43)46-34-36-50(37-35-46)57(47-17-7-2-8-18-47,48-19-9-3-10-20-48)49-21-11-4-12-22-49/h1-39H. The van der Waals surface area contributed by atoms with E-state index in [4.69, 9.17) is 4.42 Å². The smallest absolute Gasteiger partial charge is 0.179 e. The van der Waals surface area contributed by atoms with Gasteiger partial charge in [-0.3, -0.25) is 0 Å². The maximum atomic E-state index is 6.25. The minimum absolute atomic E-state index is 0.902. The van der Waals surface area contributed by atoms with Crippen LogP contribution in [0, 0.1) is 0 Å². The van der Waals surface area contributed by atoms with Crippen LogP contribution in [0.4, 0.5) is 17.1 Å². The summed E-state index contributed by atoms with van der Waals surface area (Å²) < 4.78 is 6.25. The zero-order valence-electron chi connectivity index (χ0n) is 31.4. The van der Waals surface area contributed by atoms with Crippen LogP contribution in [0.1, 0.15) is 0 Å². The molecule has 0 N–H and O–H groups in total. The Morgan fingerprint density at radius 2 is 0.649 bits per heavy atom. The van der Waals surface area contributed by atoms with Crippen molar-refractivity contribution in [3.8, 4) is 22.3 Å². The van der Waals surface area contributed by atoms with Crippen LogP contribution >= 0.6 is 0 Å². The molecule has 0 unspecified atom stereocenters. The Labute approximate surface area is 334 Å². The normalized spacial score (nSPS) is 11.5. The van der Waals surface area contributed by atoms with Crippen LogP contribution in [0.3, 0.4) is 0 Å². The van der Waals surface area contributed by atoms with E-state index in [0.29, 0.717) is 0 Å². The lowest BCUT2D eigenvalue weighted by Gasteiger charge is -2.35. The minimum atomic E-state index is -2.66. The van der Waals surface area contributed by atoms with Gasteiger partial charge in [0.2, 0.25) is 0 Å². The molecule has 10 aromatic rings. The van der Waals surface area contributed by atoms with Crippen molar-refractivity contribution in [1.29, 1.82) is 0 Å². The fourth-order valence-electron chi connectivity index (χ4n) is 8.51. The van der Waals surface area contributed by atoms with E-state index in [1.54, 1.807) is 0 Å². The molecule has 270 valence electrons. The van der Waals surface area contributed by atoms with E-state index in [9.17, 15) is 0 Å². The van der Waals surface area contributed by atoms with Crippen LogP contribution in [0.15, 0.2) is 241 Å². The van der Waals surface area contributed by atoms with Crippen molar-refractivity contribution in [3.63, 3.8) is 0 Å². The second kappa shape index (κ2) is 14.8. The fraction of sp³-hybridized carbons (Fsp3) is 0. The van der Waals surface area contributed by atoms with Crippen molar-refractivity contribution in [2.75, 3.05) is 4.90 Å². The molecule has 0 aliphatic rings. The van der Waals surface area contributed by atoms with Gasteiger partial charge in [0, 0.05) is 27.8 Å². The largest absolute Gasteiger partial charge is 0.456 e. The molecule has 1 heterocycles. The maximum Gasteiger partial charge on any atom is 0.179 e. The van der Waals surface area contributed by atoms with Crippen LogP contribution in [-0.2, 0) is 0 Å². The lowest BCUT2D eigenvalue weighted by atomic mass is 10.0. The van der Waals surface area contributed by atoms with E-state index >= 15 is 0 Å². The average molecular weight is 746 g/mol. The first-order valence-electron chi connectivity index (χ1n) is 19.5. The van der Waals surface area contributed by atoms with E-state index < -0.39 is 8.07 Å². The van der Waals surface area contributed by atoms with Gasteiger partial charge in [-0.2, -0.15) is 0 Å². The number of anilines is 3. The van der Waals surface area contributed by atoms with Gasteiger partial charge in [0.05, 0.1) is 0 Å². The third kappa shape index (κ3) is 6.25. The van der Waals surface area contributed by atoms with Gasteiger partial charge in [0.15, 0.2) is 8.07 Å². The lowest BCUT2D eigenvalue weighted by Crippen LogP contribution is -2.74. The van der Waals surface area contributed by atoms with Crippen LogP contribution in [-0.4, -0.2) is 8.07 Å². The number of furan rings is 1. The fourth-order valence-corrected chi connectivity index (χ4v) is 13.3. The highest BCUT2D eigenvalue weighted by molar-refractivity contribution is 7.19. The first kappa shape index (κ1) is 34.3. The summed E-state index contributed by atoms with van der Waals surface area (Å²) in [6.07, 6.45) is 0. The molecule has 0 aliphatic heterocycles. The van der Waals surface area contributed by atoms with Crippen LogP contribution in [0.5, 0.6) is 0 Å². The highest BCUT2D eigenvalue weighted by atomic mass is 28.3. The van der Waals surface area contributed by atoms with Gasteiger partial charge in [-0.1, -0.05) is 182 Å². The van der Waals surface area contributed by atoms with Crippen molar-refractivity contribution in [2.24, 2.45) is 0 Å². The number of hydrogen-bond acceptors (Lipinski definition) is 2. The number of rotatable bonds is 9. The monoisotopic (exact) mass is 745 g/mol. The lowest BCUT2D eigenvalue weighted by molar-refractivity contribution is 0.669. The topological polar surface area (TPSA) is 16.4 Å². The van der Waals surface area contributed by atoms with Crippen molar-refractivity contribution in [3.05, 3.63) is 237 Å². The summed E-state index contributed by atoms with van der Waals surface area (Å²) >= 11 is 0. The number of benzene rings is 9. The molecule has 0 bridgehead atoms. The number of fused-ring (bicyclic) bond motifs is 3. The molecule has 0 amide bonds. The van der Waals surface area contributed by atoms with Gasteiger partial charge in [0.1, 0.15) is 11.2 Å². The van der Waals surface area contributed by atoms with Crippen LogP contribution in [0.25, 0.3) is 44.2 Å². The van der Waals surface area contributed by atoms with Crippen LogP contribution in [0.2, 0.25) is 0 Å². The average Bonchev–Trinajstić information content (AvgIpc) is 3.67. The van der Waals surface area contributed by atoms with Crippen molar-refractivity contribution in [1.82, 2.24) is 0 Å². The summed E-state index contributed by atoms with van der Waals surface area (Å²) in [7, 11) is -2.66. The third-order valence-corrected chi connectivity index (χ3v) is 16.0. The molecule has 0 radical (unpaired) electrons. The molecule has 0 spiro atoms. The zero-order valence-corrected chi connectivity index (χ0v) is 32.4. The van der Waals surface area contributed by atoms with E-state index in [0.717, 1.165) is 50.1 Å². The summed E-state index contributed by atoms with van der Waals surface area (Å²) in [6.45, 7) is 0. The quantitative estimate of drug-likeness (QED) is 0.108. The Kier molecular flexibility index (Phi) is 8.90. The summed E-state index contributed by atoms with van der Waals surface area (Å²) in [4.78, 5) is 2.36. The SMILES string of the molecule is c1ccc(-c2ccc(N(c3ccc(-c4ccc5c(c4)oc4ccccc45)cc3)c3ccc([Si](c4ccccc4)(c4ccccc4)c4ccccc4)cc3)cc2)cc1. The Morgan fingerprint density at radius 1 is 0.281 bits per heavy atom. The molecule has 2 nitrogen and oxygen atoms in total. The van der Waals surface area contributed by atoms with Gasteiger partial charge in [-0.05, 0) is 97.6 Å². The Hall–Kier alpha value is -7.20. The van der Waals surface area contributed by atoms with E-state index in [2.05, 4.69) is 229 Å². The predicted octanol–water partition coefficient (Wildman–Crippen LogP) is 11.8. The molecule has 0 atom stereocenters. The molecule has 1 aromatic heterocycles. The van der Waals surface area contributed by atoms with E-state index in [1.807, 2.05) is 12.1 Å². The molecule has 0 saturated heterocycles. The maximum absolute atomic E-state index is 6.25. The molecular weight excluding hydrogens is 707 g/mol. The van der Waals surface area contributed by atoms with Gasteiger partial charge >= 0.3 is 0 Å². The first-order chi connectivity index (χ1) is 28.3. The molecule has 0 aliphatic carbocycles. The second-order valence-corrected chi connectivity index (χ2v) is 18.3. The Morgan fingerprint density at radius 3 is 1.18 bits per heavy atom. The van der Waals surface area contributed by atoms with E-state index in [-0.39, 0.29) is 0 Å². The van der Waals surface area contributed by atoms with Crippen molar-refractivity contribution < 1.29 is 4.42 Å². The zero-order chi connectivity index (χ0) is 38.0. The molecule has 0 fully saturated rings. The predicted molar refractivity (Wildman–Crippen MR) is 243 cm³/mol. The number of para-hydroxylation sites is 1. The Bertz CT molecular complexity index is 2810. The Balaban J connectivity index is 1.08. The highest BCUT2D eigenvalue weighted by Crippen LogP contribution is 2.38. The van der Waals surface area contributed by atoms with Gasteiger partial charge < -0.3 is 9.32 Å². The summed E-state index contributed by atoms with van der Waals surface area (Å²) in [6, 6.07) is 85.8. The molecule has 0 saturated carbocycles. The molecule has 3 heteroatoms. The van der Waals surface area contributed by atoms with Crippen molar-refractivity contribution >= 4 is 67.8 Å². The van der Waals surface area contributed by atoms with Crippen LogP contribution < -0.4 is 25.6 Å². The molecular formula is C54H39NOSi. The summed E-state index contributed by atoms with van der Waals surface area (Å²) in [5.41, 5.74) is 9.75. The molecule has 10 rings (SSSR count). The van der Waals surface area contributed by atoms with Crippen molar-refractivity contribution in [2.45, 2.75) is 0 Å². The highest BCUT2D eigenvalue weighted by Gasteiger charge is 2.41. The first-order valence-corrected chi connectivity index (χ1v) is 21.5. The van der Waals surface area contributed by atoms with Gasteiger partial charge in [-0.15, -0.1) is 0 Å². The van der Waals surface area contributed by atoms with Gasteiger partial charge in [0.25, 0.3) is 0 Å². The number of nitrogens with zero attached hydrogens (tertiary/aromatic N) is 1. The van der Waals surface area contributed by atoms with Gasteiger partial charge in [-0.25, -0.2) is 0 Å². The third-order valence-electron chi connectivity index (χ3n) is 11.2. The molecule has 9 aromatic carbocycles. The minimum Gasteiger partial charge on any atom is -0.456 e. The van der Waals surface area contributed by atoms with E-state index in [1.165, 1.54) is 31.9 Å². The summed E-state index contributed by atoms with van der Waals surface area (Å²) in [5, 5.41) is 7.70.